The van der Waals surface area contributed by atoms with Crippen LogP contribution in [0.4, 0.5) is 11.4 Å². The smallest absolute Gasteiger partial charge is 0.248 e. The lowest BCUT2D eigenvalue weighted by Crippen LogP contribution is -2.15. The van der Waals surface area contributed by atoms with Gasteiger partial charge in [-0.15, -0.1) is 0 Å². The van der Waals surface area contributed by atoms with Crippen LogP contribution in [0.25, 0.3) is 12.2 Å². The molecule has 7 heteroatoms. The molecule has 4 aromatic carbocycles. The van der Waals surface area contributed by atoms with Gasteiger partial charge in [-0.05, 0) is 109 Å². The first-order valence-corrected chi connectivity index (χ1v) is 17.5. The summed E-state index contributed by atoms with van der Waals surface area (Å²) in [6, 6.07) is 26.6. The fourth-order valence-electron chi connectivity index (χ4n) is 5.88. The Morgan fingerprint density at radius 3 is 2.08 bits per heavy atom. The summed E-state index contributed by atoms with van der Waals surface area (Å²) in [5.41, 5.74) is 5.92. The summed E-state index contributed by atoms with van der Waals surface area (Å²) in [4.78, 5) is 25.2. The Morgan fingerprint density at radius 1 is 0.725 bits per heavy atom. The topological polar surface area (TPSA) is 85.9 Å². The number of hydrogen-bond acceptors (Lipinski definition) is 5. The lowest BCUT2D eigenvalue weighted by molar-refractivity contribution is -0.112. The van der Waals surface area contributed by atoms with E-state index in [1.807, 2.05) is 98.8 Å². The molecule has 2 amide bonds. The van der Waals surface area contributed by atoms with Crippen molar-refractivity contribution in [2.24, 2.45) is 5.92 Å². The number of ether oxygens (including phenoxy) is 3. The van der Waals surface area contributed by atoms with Gasteiger partial charge in [0.15, 0.2) is 11.5 Å². The molecule has 2 N–H and O–H groups in total. The van der Waals surface area contributed by atoms with Crippen LogP contribution in [0, 0.1) is 31.6 Å². The molecule has 1 fully saturated rings. The number of carbonyl (C=O) groups excluding carboxylic acids is 2. The van der Waals surface area contributed by atoms with Gasteiger partial charge in [-0.25, -0.2) is 0 Å². The average Bonchev–Trinajstić information content (AvgIpc) is 3.15. The lowest BCUT2D eigenvalue weighted by atomic mass is 9.90. The largest absolute Gasteiger partial charge is 0.493 e. The molecule has 0 unspecified atom stereocenters. The van der Waals surface area contributed by atoms with Crippen LogP contribution in [0.5, 0.6) is 17.2 Å². The highest BCUT2D eigenvalue weighted by molar-refractivity contribution is 6.03. The molecule has 1 aliphatic rings. The van der Waals surface area contributed by atoms with Gasteiger partial charge in [0.1, 0.15) is 5.75 Å². The van der Waals surface area contributed by atoms with E-state index in [-0.39, 0.29) is 11.8 Å². The molecule has 0 radical (unpaired) electrons. The van der Waals surface area contributed by atoms with Gasteiger partial charge in [-0.3, -0.25) is 9.59 Å². The van der Waals surface area contributed by atoms with Crippen molar-refractivity contribution < 1.29 is 23.8 Å². The van der Waals surface area contributed by atoms with E-state index in [0.29, 0.717) is 36.1 Å². The third-order valence-corrected chi connectivity index (χ3v) is 8.74. The Kier molecular flexibility index (Phi) is 13.5. The van der Waals surface area contributed by atoms with E-state index in [2.05, 4.69) is 22.5 Å². The maximum atomic E-state index is 12.8. The number of anilines is 2. The Hall–Kier alpha value is -5.74. The van der Waals surface area contributed by atoms with Crippen molar-refractivity contribution in [2.45, 2.75) is 52.4 Å². The third kappa shape index (κ3) is 11.4. The number of nitrogens with one attached hydrogen (secondary N) is 2. The van der Waals surface area contributed by atoms with Crippen LogP contribution in [0.15, 0.2) is 97.1 Å². The number of aryl methyl sites for hydroxylation is 2. The number of hydrogen-bond donors (Lipinski definition) is 2. The molecule has 7 nitrogen and oxygen atoms in total. The molecule has 1 aliphatic carbocycles. The molecule has 51 heavy (non-hydrogen) atoms. The van der Waals surface area contributed by atoms with E-state index in [4.69, 9.17) is 14.2 Å². The van der Waals surface area contributed by atoms with Crippen molar-refractivity contribution in [3.05, 3.63) is 125 Å². The van der Waals surface area contributed by atoms with Crippen LogP contribution < -0.4 is 24.8 Å². The van der Waals surface area contributed by atoms with Crippen LogP contribution in [0.1, 0.15) is 66.3 Å². The van der Waals surface area contributed by atoms with Crippen LogP contribution in [-0.4, -0.2) is 32.1 Å². The number of para-hydroxylation sites is 2. The normalized spacial score (nSPS) is 13.0. The molecule has 5 rings (SSSR count). The summed E-state index contributed by atoms with van der Waals surface area (Å²) in [7, 11) is 1.58. The van der Waals surface area contributed by atoms with E-state index in [0.717, 1.165) is 45.9 Å². The monoisotopic (exact) mass is 682 g/mol. The second-order valence-electron chi connectivity index (χ2n) is 12.7. The summed E-state index contributed by atoms with van der Waals surface area (Å²) in [6.45, 7) is 5.10. The van der Waals surface area contributed by atoms with Gasteiger partial charge in [0.2, 0.25) is 11.8 Å². The molecular formula is C44H46N2O5. The van der Waals surface area contributed by atoms with Crippen molar-refractivity contribution >= 4 is 35.3 Å². The second kappa shape index (κ2) is 18.9. The lowest BCUT2D eigenvalue weighted by Gasteiger charge is -2.22. The number of carbonyl (C=O) groups is 2. The highest BCUT2D eigenvalue weighted by atomic mass is 16.5. The molecule has 0 aromatic heterocycles. The maximum Gasteiger partial charge on any atom is 0.248 e. The predicted octanol–water partition coefficient (Wildman–Crippen LogP) is 9.40. The van der Waals surface area contributed by atoms with Crippen LogP contribution in [-0.2, 0) is 9.59 Å². The van der Waals surface area contributed by atoms with Crippen LogP contribution >= 0.6 is 0 Å². The van der Waals surface area contributed by atoms with Gasteiger partial charge in [0.05, 0.1) is 26.0 Å². The summed E-state index contributed by atoms with van der Waals surface area (Å²) in [5, 5.41) is 5.84. The zero-order valence-corrected chi connectivity index (χ0v) is 29.7. The Bertz CT molecular complexity index is 1930. The third-order valence-electron chi connectivity index (χ3n) is 8.74. The number of benzene rings is 4. The zero-order chi connectivity index (χ0) is 35.8. The predicted molar refractivity (Wildman–Crippen MR) is 206 cm³/mol. The Balaban J connectivity index is 1.09. The molecule has 0 spiro atoms. The number of methoxy groups -OCH3 is 1. The van der Waals surface area contributed by atoms with E-state index in [1.54, 1.807) is 19.3 Å². The average molecular weight is 683 g/mol. The van der Waals surface area contributed by atoms with Gasteiger partial charge >= 0.3 is 0 Å². The van der Waals surface area contributed by atoms with Crippen molar-refractivity contribution in [1.29, 1.82) is 0 Å². The Labute approximate surface area is 301 Å². The van der Waals surface area contributed by atoms with E-state index in [1.165, 1.54) is 44.3 Å². The van der Waals surface area contributed by atoms with Crippen molar-refractivity contribution in [1.82, 2.24) is 0 Å². The first-order chi connectivity index (χ1) is 24.9. The number of amides is 2. The minimum Gasteiger partial charge on any atom is -0.493 e. The minimum absolute atomic E-state index is 0.217. The molecule has 4 aromatic rings. The van der Waals surface area contributed by atoms with E-state index < -0.39 is 0 Å². The van der Waals surface area contributed by atoms with E-state index in [9.17, 15) is 9.59 Å². The SMILES string of the molecule is COc1cc(/C=C/C(=O)Nc2ccccc2C)ccc1OCCC#Cc1ccccc1NC(=O)/C=C/c1ccc(OCC2CCCCC2)c(C)c1. The van der Waals surface area contributed by atoms with E-state index >= 15 is 0 Å². The molecule has 0 aliphatic heterocycles. The van der Waals surface area contributed by atoms with Gasteiger partial charge in [0.25, 0.3) is 0 Å². The maximum absolute atomic E-state index is 12.8. The van der Waals surface area contributed by atoms with Gasteiger partial charge < -0.3 is 24.8 Å². The summed E-state index contributed by atoms with van der Waals surface area (Å²) < 4.78 is 17.6. The molecule has 0 bridgehead atoms. The van der Waals surface area contributed by atoms with Crippen molar-refractivity contribution in [3.63, 3.8) is 0 Å². The first kappa shape index (κ1) is 36.5. The fraction of sp³-hybridized carbons (Fsp3) is 0.273. The molecule has 0 saturated heterocycles. The molecule has 1 saturated carbocycles. The zero-order valence-electron chi connectivity index (χ0n) is 29.7. The van der Waals surface area contributed by atoms with Gasteiger partial charge in [0, 0.05) is 29.8 Å². The van der Waals surface area contributed by atoms with Gasteiger partial charge in [-0.1, -0.05) is 73.6 Å². The molecule has 262 valence electrons. The standard InChI is InChI=1S/C44H46N2O5/c1-32-13-7-9-18-38(32)45-43(47)27-23-35-21-25-41(42(30-35)49-3)50-28-12-11-17-37-16-8-10-19-39(37)46-44(48)26-22-34-20-24-40(33(2)29-34)51-31-36-14-5-4-6-15-36/h7-10,13,16,18-27,29-30,36H,4-6,12,14-15,28,31H2,1-3H3,(H,45,47)(H,46,48)/b26-22+,27-23+. The highest BCUT2D eigenvalue weighted by Crippen LogP contribution is 2.29. The molecule has 0 atom stereocenters. The fourth-order valence-corrected chi connectivity index (χ4v) is 5.88. The highest BCUT2D eigenvalue weighted by Gasteiger charge is 2.14. The second-order valence-corrected chi connectivity index (χ2v) is 12.7. The van der Waals surface area contributed by atoms with Crippen LogP contribution in [0.3, 0.4) is 0 Å². The number of rotatable bonds is 13. The molecule has 0 heterocycles. The minimum atomic E-state index is -0.236. The van der Waals surface area contributed by atoms with Crippen LogP contribution in [0.2, 0.25) is 0 Å². The summed E-state index contributed by atoms with van der Waals surface area (Å²) in [5.74, 6) is 8.53. The summed E-state index contributed by atoms with van der Waals surface area (Å²) >= 11 is 0. The summed E-state index contributed by atoms with van der Waals surface area (Å²) in [6.07, 6.45) is 13.5. The molecular weight excluding hydrogens is 636 g/mol. The first-order valence-electron chi connectivity index (χ1n) is 17.5. The van der Waals surface area contributed by atoms with Crippen molar-refractivity contribution in [3.8, 4) is 29.1 Å². The quantitative estimate of drug-likeness (QED) is 0.0834. The van der Waals surface area contributed by atoms with Crippen molar-refractivity contribution in [2.75, 3.05) is 31.0 Å². The Morgan fingerprint density at radius 2 is 1.37 bits per heavy atom. The van der Waals surface area contributed by atoms with Gasteiger partial charge in [-0.2, -0.15) is 0 Å².